The number of thiophene rings is 1. The molecule has 21 aromatic carbocycles. The maximum absolute atomic E-state index is 6.19. The number of benzene rings is 21. The highest BCUT2D eigenvalue weighted by molar-refractivity contribution is 8.00. The Balaban J connectivity index is 0.000000101. The standard InChI is InChI=1S/C39H25NS.C39H24OS.C39H24S2/c1-3-11-29-25(9-1)19-23-35-38(29)37(39-30-12-4-2-10-26(30)20-24-36(39)41-35)27-17-21-28(22-18-27)40-33-15-7-5-13-31(33)32-14-6-8-16-34(32)40;1-3-9-29-25(7-1)18-21-35-38(29)37(39-30-10-4-2-8-26(30)19-22-36(39)41-35)27-15-13-24(14-16-27)28-17-20-32-31-11-5-6-12-33(31)40-34(32)23-28;1-3-9-29-25(7-1)18-21-34-38(29)37(39-30-10-4-2-8-26(30)19-22-35(39)41-34)27-15-13-24(14-16-27)28-17-20-32-31-11-5-6-12-33(31)40-36(32)23-28/h1-24,37H;2*1-23,37H. The van der Waals surface area contributed by atoms with Gasteiger partial charge in [-0.15, -0.1) is 11.3 Å². The summed E-state index contributed by atoms with van der Waals surface area (Å²) in [5.74, 6) is 0.452. The lowest BCUT2D eigenvalue weighted by molar-refractivity contribution is 0.669. The molecule has 0 aliphatic carbocycles. The summed E-state index contributed by atoms with van der Waals surface area (Å²) in [5, 5.41) is 23.4. The van der Waals surface area contributed by atoms with Crippen molar-refractivity contribution >= 4 is 175 Å². The molecule has 3 aliphatic rings. The van der Waals surface area contributed by atoms with Crippen LogP contribution in [-0.2, 0) is 0 Å². The summed E-state index contributed by atoms with van der Waals surface area (Å²) >= 11 is 7.61. The molecule has 0 N–H and O–H groups in total. The molecule has 0 fully saturated rings. The molecule has 6 heterocycles. The van der Waals surface area contributed by atoms with Crippen molar-refractivity contribution in [2.24, 2.45) is 0 Å². The van der Waals surface area contributed by atoms with E-state index in [1.165, 1.54) is 214 Å². The minimum absolute atomic E-state index is 0.144. The lowest BCUT2D eigenvalue weighted by Gasteiger charge is -2.31. The Labute approximate surface area is 728 Å². The Bertz CT molecular complexity index is 7800. The van der Waals surface area contributed by atoms with E-state index in [4.69, 9.17) is 4.42 Å². The number of hydrogen-bond acceptors (Lipinski definition) is 5. The van der Waals surface area contributed by atoms with Crippen molar-refractivity contribution in [3.05, 3.63) is 475 Å². The van der Waals surface area contributed by atoms with Gasteiger partial charge in [-0.2, -0.15) is 0 Å². The second-order valence-electron chi connectivity index (χ2n) is 32.6. The molecule has 24 aromatic rings. The molecule has 0 unspecified atom stereocenters. The lowest BCUT2D eigenvalue weighted by atomic mass is 9.80. The number of nitrogens with zero attached hydrogens (tertiary/aromatic N) is 1. The van der Waals surface area contributed by atoms with Crippen molar-refractivity contribution in [1.82, 2.24) is 4.57 Å². The SMILES string of the molecule is c1ccc2c3c(ccc2c1)Sc1ccc2ccccc2c1C3c1ccc(-c2ccc3c(c2)oc2ccccc23)cc1.c1ccc2c3c(ccc2c1)Sc1ccc2ccccc2c1C3c1ccc(-c2ccc3c(c2)sc2ccccc23)cc1.c1ccc2c3c(ccc2c1)Sc1ccc2ccccc2c1C3c1ccc(-n2c3ccccc3c3ccccc32)cc1. The van der Waals surface area contributed by atoms with Crippen LogP contribution in [0.4, 0.5) is 0 Å². The van der Waals surface area contributed by atoms with E-state index in [1.807, 2.05) is 58.8 Å². The number of rotatable bonds is 6. The molecule has 3 aliphatic heterocycles. The molecule has 0 spiro atoms. The molecule has 3 aromatic heterocycles. The minimum Gasteiger partial charge on any atom is -0.456 e. The summed E-state index contributed by atoms with van der Waals surface area (Å²) in [6, 6.07) is 156. The molecule has 2 nitrogen and oxygen atoms in total. The van der Waals surface area contributed by atoms with E-state index >= 15 is 0 Å². The number of hydrogen-bond donors (Lipinski definition) is 0. The Hall–Kier alpha value is -14.0. The van der Waals surface area contributed by atoms with Gasteiger partial charge in [0.25, 0.3) is 0 Å². The molecule has 0 amide bonds. The van der Waals surface area contributed by atoms with Crippen molar-refractivity contribution in [1.29, 1.82) is 0 Å². The van der Waals surface area contributed by atoms with Gasteiger partial charge in [0, 0.05) is 94.5 Å². The fraction of sp³-hybridized carbons (Fsp3) is 0.0256. The van der Waals surface area contributed by atoms with Crippen LogP contribution in [0.25, 0.3) is 156 Å². The maximum atomic E-state index is 6.19. The number of para-hydroxylation sites is 3. The first-order valence-corrected chi connectivity index (χ1v) is 45.5. The first-order valence-electron chi connectivity index (χ1n) is 42.2. The first-order chi connectivity index (χ1) is 61.0. The van der Waals surface area contributed by atoms with E-state index in [0.717, 1.165) is 21.9 Å². The van der Waals surface area contributed by atoms with Crippen LogP contribution < -0.4 is 0 Å². The molecule has 6 heteroatoms. The van der Waals surface area contributed by atoms with Gasteiger partial charge in [-0.25, -0.2) is 0 Å². The molecule has 123 heavy (non-hydrogen) atoms. The molecular formula is C117H73NOS4. The summed E-state index contributed by atoms with van der Waals surface area (Å²) in [5.41, 5.74) is 22.9. The molecule has 0 radical (unpaired) electrons. The Morgan fingerprint density at radius 2 is 0.480 bits per heavy atom. The van der Waals surface area contributed by atoms with Crippen molar-refractivity contribution in [3.63, 3.8) is 0 Å². The van der Waals surface area contributed by atoms with Crippen LogP contribution in [0.15, 0.2) is 458 Å². The third-order valence-corrected chi connectivity index (χ3v) is 30.5. The van der Waals surface area contributed by atoms with E-state index in [9.17, 15) is 0 Å². The van der Waals surface area contributed by atoms with Crippen LogP contribution in [0.3, 0.4) is 0 Å². The third kappa shape index (κ3) is 12.0. The highest BCUT2D eigenvalue weighted by Crippen LogP contribution is 2.57. The van der Waals surface area contributed by atoms with Gasteiger partial charge in [0.1, 0.15) is 11.2 Å². The van der Waals surface area contributed by atoms with Crippen LogP contribution in [0.2, 0.25) is 0 Å². The highest BCUT2D eigenvalue weighted by Gasteiger charge is 2.35. The largest absolute Gasteiger partial charge is 0.456 e. The van der Waals surface area contributed by atoms with Gasteiger partial charge in [-0.1, -0.05) is 369 Å². The van der Waals surface area contributed by atoms with E-state index in [1.54, 1.807) is 0 Å². The second kappa shape index (κ2) is 29.4. The Kier molecular flexibility index (Phi) is 17.2. The molecule has 0 atom stereocenters. The van der Waals surface area contributed by atoms with Crippen LogP contribution in [0, 0.1) is 0 Å². The number of fused-ring (bicyclic) bond motifs is 27. The average molecular weight is 1640 g/mol. The van der Waals surface area contributed by atoms with Crippen LogP contribution >= 0.6 is 46.6 Å². The number of furan rings is 1. The zero-order valence-corrected chi connectivity index (χ0v) is 69.9. The second-order valence-corrected chi connectivity index (χ2v) is 37.0. The van der Waals surface area contributed by atoms with Crippen LogP contribution in [-0.4, -0.2) is 4.57 Å². The van der Waals surface area contributed by atoms with Gasteiger partial charge >= 0.3 is 0 Å². The van der Waals surface area contributed by atoms with E-state index in [-0.39, 0.29) is 17.8 Å². The van der Waals surface area contributed by atoms with Gasteiger partial charge in [0.15, 0.2) is 0 Å². The lowest BCUT2D eigenvalue weighted by Crippen LogP contribution is -2.12. The number of aromatic nitrogens is 1. The van der Waals surface area contributed by atoms with Gasteiger partial charge in [-0.3, -0.25) is 0 Å². The van der Waals surface area contributed by atoms with Gasteiger partial charge < -0.3 is 8.98 Å². The van der Waals surface area contributed by atoms with Gasteiger partial charge in [0.2, 0.25) is 0 Å². The van der Waals surface area contributed by atoms with Crippen LogP contribution in [0.1, 0.15) is 67.8 Å². The minimum atomic E-state index is 0.144. The highest BCUT2D eigenvalue weighted by atomic mass is 32.2. The van der Waals surface area contributed by atoms with E-state index < -0.39 is 0 Å². The average Bonchev–Trinajstić information content (AvgIpc) is 1.73. The zero-order valence-electron chi connectivity index (χ0n) is 66.6. The fourth-order valence-electron chi connectivity index (χ4n) is 20.3. The molecule has 0 saturated carbocycles. The van der Waals surface area contributed by atoms with Crippen molar-refractivity contribution < 1.29 is 4.42 Å². The Morgan fingerprint density at radius 3 is 0.870 bits per heavy atom. The molecule has 0 saturated heterocycles. The summed E-state index contributed by atoms with van der Waals surface area (Å²) in [7, 11) is 0. The summed E-state index contributed by atoms with van der Waals surface area (Å²) in [6.45, 7) is 0. The van der Waals surface area contributed by atoms with Crippen molar-refractivity contribution in [2.45, 2.75) is 47.1 Å². The third-order valence-electron chi connectivity index (χ3n) is 26.0. The predicted octanol–water partition coefficient (Wildman–Crippen LogP) is 33.6. The monoisotopic (exact) mass is 1640 g/mol. The zero-order chi connectivity index (χ0) is 80.7. The van der Waals surface area contributed by atoms with Gasteiger partial charge in [-0.05, 0) is 228 Å². The Morgan fingerprint density at radius 1 is 0.195 bits per heavy atom. The quantitative estimate of drug-likeness (QED) is 0.165. The van der Waals surface area contributed by atoms with Gasteiger partial charge in [0.05, 0.1) is 11.0 Å². The molecule has 576 valence electrons. The predicted molar refractivity (Wildman–Crippen MR) is 524 cm³/mol. The maximum Gasteiger partial charge on any atom is 0.136 e. The molecule has 0 bridgehead atoms. The van der Waals surface area contributed by atoms with E-state index in [0.29, 0.717) is 0 Å². The summed E-state index contributed by atoms with van der Waals surface area (Å²) in [6.07, 6.45) is 0. The normalized spacial score (nSPS) is 13.2. The summed E-state index contributed by atoms with van der Waals surface area (Å²) < 4.78 is 11.3. The van der Waals surface area contributed by atoms with Crippen molar-refractivity contribution in [3.8, 4) is 27.9 Å². The van der Waals surface area contributed by atoms with E-state index in [2.05, 4.69) is 417 Å². The fourth-order valence-corrected chi connectivity index (χ4v) is 25.0. The summed E-state index contributed by atoms with van der Waals surface area (Å²) in [4.78, 5) is 8.10. The molecular weight excluding hydrogens is 1560 g/mol. The first kappa shape index (κ1) is 71.9. The topological polar surface area (TPSA) is 18.1 Å². The molecule has 27 rings (SSSR count). The van der Waals surface area contributed by atoms with Crippen LogP contribution in [0.5, 0.6) is 0 Å². The van der Waals surface area contributed by atoms with Crippen molar-refractivity contribution in [2.75, 3.05) is 0 Å². The smallest absolute Gasteiger partial charge is 0.136 e.